The molecule has 0 heterocycles. The Balaban J connectivity index is 2.63. The molecule has 0 fully saturated rings. The SMILES string of the molecule is Nc1cccc(C(=O)Nc2c(Br)cc(C(F)C(F)(C(F)F)C(F)(F)F)cc2C(F)(F)F)c1F. The number of nitrogens with one attached hydrogen (secondary N) is 1. The van der Waals surface area contributed by atoms with Crippen molar-refractivity contribution >= 4 is 33.2 Å². The third kappa shape index (κ3) is 5.01. The molecule has 3 nitrogen and oxygen atoms in total. The molecule has 0 radical (unpaired) electrons. The van der Waals surface area contributed by atoms with Crippen LogP contribution in [-0.2, 0) is 6.18 Å². The maximum atomic E-state index is 14.3. The van der Waals surface area contributed by atoms with Crippen LogP contribution in [0, 0.1) is 5.82 Å². The number of carbonyl (C=O) groups is 1. The number of amides is 1. The minimum Gasteiger partial charge on any atom is -0.396 e. The monoisotopic (exact) mass is 558 g/mol. The Morgan fingerprint density at radius 1 is 1.00 bits per heavy atom. The van der Waals surface area contributed by atoms with E-state index in [1.54, 1.807) is 5.32 Å². The van der Waals surface area contributed by atoms with Crippen LogP contribution in [0.1, 0.15) is 27.7 Å². The zero-order valence-corrected chi connectivity index (χ0v) is 17.1. The lowest BCUT2D eigenvalue weighted by Crippen LogP contribution is -2.50. The molecule has 0 aliphatic carbocycles. The van der Waals surface area contributed by atoms with Gasteiger partial charge in [-0.25, -0.2) is 22.0 Å². The average molecular weight is 559 g/mol. The first-order valence-electron chi connectivity index (χ1n) is 8.36. The second kappa shape index (κ2) is 8.99. The van der Waals surface area contributed by atoms with Crippen molar-refractivity contribution in [2.75, 3.05) is 11.1 Å². The summed E-state index contributed by atoms with van der Waals surface area (Å²) in [5.41, 5.74) is -6.92. The van der Waals surface area contributed by atoms with Crippen LogP contribution in [0.3, 0.4) is 0 Å². The van der Waals surface area contributed by atoms with Gasteiger partial charge in [-0.05, 0) is 45.8 Å². The van der Waals surface area contributed by atoms with Crippen LogP contribution in [-0.4, -0.2) is 24.2 Å². The Morgan fingerprint density at radius 3 is 2.06 bits per heavy atom. The number of carbonyl (C=O) groups excluding carboxylic acids is 1. The fraction of sp³-hybridized carbons (Fsp3) is 0.278. The normalized spacial score (nSPS) is 15.3. The molecule has 1 amide bonds. The molecule has 0 saturated carbocycles. The van der Waals surface area contributed by atoms with Gasteiger partial charge in [0.15, 0.2) is 12.0 Å². The lowest BCUT2D eigenvalue weighted by molar-refractivity contribution is -0.289. The van der Waals surface area contributed by atoms with E-state index in [1.165, 1.54) is 0 Å². The van der Waals surface area contributed by atoms with Gasteiger partial charge in [0.25, 0.3) is 18.0 Å². The molecule has 0 aliphatic rings. The fourth-order valence-corrected chi connectivity index (χ4v) is 3.23. The maximum Gasteiger partial charge on any atom is 0.431 e. The van der Waals surface area contributed by atoms with Crippen molar-refractivity contribution in [3.63, 3.8) is 0 Å². The lowest BCUT2D eigenvalue weighted by Gasteiger charge is -2.30. The van der Waals surface area contributed by atoms with Crippen LogP contribution in [0.2, 0.25) is 0 Å². The highest BCUT2D eigenvalue weighted by molar-refractivity contribution is 9.10. The van der Waals surface area contributed by atoms with Crippen LogP contribution in [0.4, 0.5) is 59.7 Å². The molecule has 2 unspecified atom stereocenters. The van der Waals surface area contributed by atoms with E-state index in [0.717, 1.165) is 18.2 Å². The Kier molecular flexibility index (Phi) is 7.26. The number of rotatable bonds is 5. The second-order valence-electron chi connectivity index (χ2n) is 6.52. The van der Waals surface area contributed by atoms with Gasteiger partial charge in [0.05, 0.1) is 22.5 Å². The van der Waals surface area contributed by atoms with E-state index >= 15 is 0 Å². The van der Waals surface area contributed by atoms with Crippen LogP contribution in [0.15, 0.2) is 34.8 Å². The molecule has 2 aromatic carbocycles. The van der Waals surface area contributed by atoms with Gasteiger partial charge in [0.2, 0.25) is 0 Å². The number of anilines is 2. The van der Waals surface area contributed by atoms with Crippen molar-refractivity contribution in [2.45, 2.75) is 30.6 Å². The lowest BCUT2D eigenvalue weighted by atomic mass is 9.92. The number of nitrogens with two attached hydrogens (primary N) is 1. The highest BCUT2D eigenvalue weighted by Crippen LogP contribution is 2.51. The molecule has 0 saturated heterocycles. The molecule has 182 valence electrons. The van der Waals surface area contributed by atoms with Gasteiger partial charge in [0, 0.05) is 4.47 Å². The van der Waals surface area contributed by atoms with E-state index in [-0.39, 0.29) is 12.1 Å². The van der Waals surface area contributed by atoms with Crippen molar-refractivity contribution in [1.29, 1.82) is 0 Å². The fourth-order valence-electron chi connectivity index (χ4n) is 2.65. The van der Waals surface area contributed by atoms with Crippen molar-refractivity contribution in [3.05, 3.63) is 57.3 Å². The van der Waals surface area contributed by atoms with E-state index in [4.69, 9.17) is 5.73 Å². The predicted octanol–water partition coefficient (Wildman–Crippen LogP) is 6.99. The quantitative estimate of drug-likeness (QED) is 0.307. The van der Waals surface area contributed by atoms with E-state index in [2.05, 4.69) is 15.9 Å². The predicted molar refractivity (Wildman–Crippen MR) is 97.7 cm³/mol. The molecule has 0 aromatic heterocycles. The van der Waals surface area contributed by atoms with Gasteiger partial charge < -0.3 is 11.1 Å². The van der Waals surface area contributed by atoms with Crippen molar-refractivity contribution in [2.24, 2.45) is 0 Å². The first-order chi connectivity index (χ1) is 14.9. The number of hydrogen-bond donors (Lipinski definition) is 2. The first kappa shape index (κ1) is 26.7. The number of nitrogen functional groups attached to an aromatic ring is 1. The Hall–Kier alpha value is -2.58. The summed E-state index contributed by atoms with van der Waals surface area (Å²) in [4.78, 5) is 12.2. The minimum absolute atomic E-state index is 0.147. The summed E-state index contributed by atoms with van der Waals surface area (Å²) in [6.07, 6.45) is -21.2. The van der Waals surface area contributed by atoms with Crippen molar-refractivity contribution in [1.82, 2.24) is 0 Å². The van der Waals surface area contributed by atoms with Crippen molar-refractivity contribution < 1.29 is 53.1 Å². The maximum absolute atomic E-state index is 14.3. The summed E-state index contributed by atoms with van der Waals surface area (Å²) in [7, 11) is 0. The van der Waals surface area contributed by atoms with Crippen LogP contribution < -0.4 is 11.1 Å². The number of hydrogen-bond acceptors (Lipinski definition) is 2. The van der Waals surface area contributed by atoms with E-state index < -0.39 is 74.9 Å². The molecular formula is C18H10BrF11N2O. The summed E-state index contributed by atoms with van der Waals surface area (Å²) >= 11 is 2.46. The van der Waals surface area contributed by atoms with Gasteiger partial charge in [-0.15, -0.1) is 0 Å². The van der Waals surface area contributed by atoms with Gasteiger partial charge in [-0.3, -0.25) is 4.79 Å². The molecular weight excluding hydrogens is 549 g/mol. The van der Waals surface area contributed by atoms with E-state index in [0.29, 0.717) is 0 Å². The standard InChI is InChI=1S/C18H10BrF11N2O/c19-9-5-6(13(21)16(24,15(22)23)18(28,29)30)4-8(17(25,26)27)12(9)32-14(33)7-2-1-3-10(31)11(7)20/h1-5,13,15H,31H2,(H,32,33). The third-order valence-corrected chi connectivity index (χ3v) is 4.97. The number of halogens is 12. The molecule has 2 aromatic rings. The van der Waals surface area contributed by atoms with Crippen LogP contribution in [0.25, 0.3) is 0 Å². The Morgan fingerprint density at radius 2 is 1.58 bits per heavy atom. The average Bonchev–Trinajstić information content (AvgIpc) is 2.68. The first-order valence-corrected chi connectivity index (χ1v) is 9.16. The van der Waals surface area contributed by atoms with Crippen LogP contribution in [0.5, 0.6) is 0 Å². The zero-order valence-electron chi connectivity index (χ0n) is 15.6. The molecule has 0 bridgehead atoms. The molecule has 33 heavy (non-hydrogen) atoms. The van der Waals surface area contributed by atoms with Gasteiger partial charge >= 0.3 is 12.4 Å². The van der Waals surface area contributed by atoms with Crippen molar-refractivity contribution in [3.8, 4) is 0 Å². The third-order valence-electron chi connectivity index (χ3n) is 4.34. The summed E-state index contributed by atoms with van der Waals surface area (Å²) in [6, 6.07) is 2.74. The minimum atomic E-state index is -6.48. The van der Waals surface area contributed by atoms with Gasteiger partial charge in [0.1, 0.15) is 0 Å². The highest BCUT2D eigenvalue weighted by atomic mass is 79.9. The largest absolute Gasteiger partial charge is 0.431 e. The summed E-state index contributed by atoms with van der Waals surface area (Å²) < 4.78 is 146. The zero-order chi connectivity index (χ0) is 25.5. The van der Waals surface area contributed by atoms with E-state index in [1.807, 2.05) is 0 Å². The molecule has 2 rings (SSSR count). The molecule has 3 N–H and O–H groups in total. The summed E-state index contributed by atoms with van der Waals surface area (Å²) in [6.45, 7) is 0. The summed E-state index contributed by atoms with van der Waals surface area (Å²) in [5, 5.41) is 1.64. The van der Waals surface area contributed by atoms with Crippen LogP contribution >= 0.6 is 15.9 Å². The van der Waals surface area contributed by atoms with Gasteiger partial charge in [-0.1, -0.05) is 6.07 Å². The Labute approximate surface area is 185 Å². The summed E-state index contributed by atoms with van der Waals surface area (Å²) in [5.74, 6) is -2.79. The van der Waals surface area contributed by atoms with Gasteiger partial charge in [-0.2, -0.15) is 26.3 Å². The topological polar surface area (TPSA) is 55.1 Å². The number of benzene rings is 2. The molecule has 2 atom stereocenters. The van der Waals surface area contributed by atoms with E-state index in [9.17, 15) is 53.1 Å². The Bertz CT molecular complexity index is 1050. The second-order valence-corrected chi connectivity index (χ2v) is 7.37. The molecule has 0 spiro atoms. The molecule has 15 heteroatoms. The highest BCUT2D eigenvalue weighted by Gasteiger charge is 2.68. The number of alkyl halides is 10. The smallest absolute Gasteiger partial charge is 0.396 e. The molecule has 0 aliphatic heterocycles.